The lowest BCUT2D eigenvalue weighted by Gasteiger charge is -2.20. The summed E-state index contributed by atoms with van der Waals surface area (Å²) < 4.78 is 10.0. The highest BCUT2D eigenvalue weighted by molar-refractivity contribution is 6.35. The number of carbonyl (C=O) groups excluding carboxylic acids is 3. The van der Waals surface area contributed by atoms with E-state index in [0.717, 1.165) is 0 Å². The van der Waals surface area contributed by atoms with Gasteiger partial charge in [-0.05, 0) is 36.2 Å². The van der Waals surface area contributed by atoms with Gasteiger partial charge in [-0.2, -0.15) is 0 Å². The van der Waals surface area contributed by atoms with Crippen LogP contribution in [0.3, 0.4) is 0 Å². The molecule has 0 aliphatic carbocycles. The summed E-state index contributed by atoms with van der Waals surface area (Å²) in [4.78, 5) is 36.3. The number of furan rings is 1. The Labute approximate surface area is 166 Å². The fraction of sp³-hybridized carbons (Fsp3) is 0.278. The molecule has 0 saturated heterocycles. The van der Waals surface area contributed by atoms with Crippen molar-refractivity contribution in [1.29, 1.82) is 0 Å². The Kier molecular flexibility index (Phi) is 7.27. The molecule has 0 aliphatic rings. The molecule has 2 amide bonds. The van der Waals surface area contributed by atoms with Crippen LogP contribution in [0, 0.1) is 5.92 Å². The van der Waals surface area contributed by atoms with Gasteiger partial charge in [-0.3, -0.25) is 9.59 Å². The number of hydrogen-bond acceptors (Lipinski definition) is 5. The van der Waals surface area contributed by atoms with Gasteiger partial charge >= 0.3 is 5.97 Å². The number of halogens is 2. The normalized spacial score (nSPS) is 11.7. The molecular formula is C18H18Cl2N2O5. The number of rotatable bonds is 7. The SMILES string of the molecule is CC(C)[C@H](NC(=O)c1ccco1)C(=O)OCC(=O)Nc1cc(Cl)ccc1Cl. The van der Waals surface area contributed by atoms with Crippen LogP contribution in [0.4, 0.5) is 5.69 Å². The molecule has 9 heteroatoms. The molecule has 2 rings (SSSR count). The van der Waals surface area contributed by atoms with Crippen LogP contribution in [0.2, 0.25) is 10.0 Å². The fourth-order valence-corrected chi connectivity index (χ4v) is 2.46. The first-order chi connectivity index (χ1) is 12.8. The van der Waals surface area contributed by atoms with Crippen LogP contribution >= 0.6 is 23.2 Å². The summed E-state index contributed by atoms with van der Waals surface area (Å²) in [6.07, 6.45) is 1.35. The van der Waals surface area contributed by atoms with E-state index in [2.05, 4.69) is 10.6 Å². The lowest BCUT2D eigenvalue weighted by atomic mass is 10.0. The Bertz CT molecular complexity index is 821. The highest BCUT2D eigenvalue weighted by atomic mass is 35.5. The summed E-state index contributed by atoms with van der Waals surface area (Å²) in [5, 5.41) is 5.73. The average molecular weight is 413 g/mol. The van der Waals surface area contributed by atoms with E-state index in [1.165, 1.54) is 24.5 Å². The second-order valence-electron chi connectivity index (χ2n) is 5.95. The minimum atomic E-state index is -0.940. The second-order valence-corrected chi connectivity index (χ2v) is 6.80. The van der Waals surface area contributed by atoms with Crippen LogP contribution in [-0.4, -0.2) is 30.4 Å². The Morgan fingerprint density at radius 3 is 2.56 bits per heavy atom. The predicted octanol–water partition coefficient (Wildman–Crippen LogP) is 3.52. The first kappa shape index (κ1) is 20.8. The number of ether oxygens (including phenoxy) is 1. The summed E-state index contributed by atoms with van der Waals surface area (Å²) in [5.74, 6) is -2.07. The molecule has 2 N–H and O–H groups in total. The molecule has 1 aromatic heterocycles. The number of hydrogen-bond donors (Lipinski definition) is 2. The summed E-state index contributed by atoms with van der Waals surface area (Å²) in [6.45, 7) is 2.93. The molecular weight excluding hydrogens is 395 g/mol. The minimum absolute atomic E-state index is 0.0711. The van der Waals surface area contributed by atoms with E-state index in [4.69, 9.17) is 32.4 Å². The second kappa shape index (κ2) is 9.43. The third kappa shape index (κ3) is 6.01. The van der Waals surface area contributed by atoms with Gasteiger partial charge in [-0.25, -0.2) is 4.79 Å². The molecule has 2 aromatic rings. The number of anilines is 1. The molecule has 0 aliphatic heterocycles. The van der Waals surface area contributed by atoms with E-state index in [0.29, 0.717) is 15.7 Å². The van der Waals surface area contributed by atoms with Crippen molar-refractivity contribution in [2.75, 3.05) is 11.9 Å². The van der Waals surface area contributed by atoms with Gasteiger partial charge in [0.15, 0.2) is 12.4 Å². The van der Waals surface area contributed by atoms with Crippen molar-refractivity contribution in [3.8, 4) is 0 Å². The number of esters is 1. The van der Waals surface area contributed by atoms with Crippen LogP contribution in [0.1, 0.15) is 24.4 Å². The Morgan fingerprint density at radius 1 is 1.19 bits per heavy atom. The molecule has 27 heavy (non-hydrogen) atoms. The van der Waals surface area contributed by atoms with Crippen molar-refractivity contribution >= 4 is 46.7 Å². The zero-order valence-corrected chi connectivity index (χ0v) is 16.1. The molecule has 144 valence electrons. The molecule has 0 spiro atoms. The van der Waals surface area contributed by atoms with Crippen molar-refractivity contribution < 1.29 is 23.5 Å². The standard InChI is InChI=1S/C18H18Cl2N2O5/c1-10(2)16(22-17(24)14-4-3-7-26-14)18(25)27-9-15(23)21-13-8-11(19)5-6-12(13)20/h3-8,10,16H,9H2,1-2H3,(H,21,23)(H,22,24)/t16-/m0/s1. The van der Waals surface area contributed by atoms with Crippen molar-refractivity contribution in [3.05, 3.63) is 52.4 Å². The maximum Gasteiger partial charge on any atom is 0.329 e. The van der Waals surface area contributed by atoms with Crippen LogP contribution in [0.5, 0.6) is 0 Å². The highest BCUT2D eigenvalue weighted by Gasteiger charge is 2.27. The summed E-state index contributed by atoms with van der Waals surface area (Å²) in [7, 11) is 0. The van der Waals surface area contributed by atoms with Crippen LogP contribution in [0.25, 0.3) is 0 Å². The molecule has 7 nitrogen and oxygen atoms in total. The smallest absolute Gasteiger partial charge is 0.329 e. The predicted molar refractivity (Wildman–Crippen MR) is 101 cm³/mol. The molecule has 0 bridgehead atoms. The topological polar surface area (TPSA) is 97.6 Å². The van der Waals surface area contributed by atoms with Crippen LogP contribution in [0.15, 0.2) is 41.0 Å². The van der Waals surface area contributed by atoms with Crippen molar-refractivity contribution in [1.82, 2.24) is 5.32 Å². The minimum Gasteiger partial charge on any atom is -0.459 e. The Hall–Kier alpha value is -2.51. The summed E-state index contributed by atoms with van der Waals surface area (Å²) >= 11 is 11.8. The molecule has 0 unspecified atom stereocenters. The van der Waals surface area contributed by atoms with E-state index in [1.807, 2.05) is 0 Å². The molecule has 1 atom stereocenters. The fourth-order valence-electron chi connectivity index (χ4n) is 2.12. The van der Waals surface area contributed by atoms with Crippen LogP contribution < -0.4 is 10.6 Å². The van der Waals surface area contributed by atoms with Gasteiger partial charge in [0.1, 0.15) is 6.04 Å². The number of nitrogens with one attached hydrogen (secondary N) is 2. The van der Waals surface area contributed by atoms with Crippen LogP contribution in [-0.2, 0) is 14.3 Å². The average Bonchev–Trinajstić information content (AvgIpc) is 3.15. The summed E-state index contributed by atoms with van der Waals surface area (Å²) in [6, 6.07) is 6.68. The third-order valence-corrected chi connectivity index (χ3v) is 4.06. The van der Waals surface area contributed by atoms with Crippen molar-refractivity contribution in [3.63, 3.8) is 0 Å². The van der Waals surface area contributed by atoms with E-state index < -0.39 is 30.4 Å². The van der Waals surface area contributed by atoms with E-state index in [9.17, 15) is 14.4 Å². The van der Waals surface area contributed by atoms with E-state index in [1.54, 1.807) is 26.0 Å². The van der Waals surface area contributed by atoms with Gasteiger partial charge in [0.25, 0.3) is 11.8 Å². The quantitative estimate of drug-likeness (QED) is 0.677. The van der Waals surface area contributed by atoms with Gasteiger partial charge in [0.2, 0.25) is 0 Å². The molecule has 0 radical (unpaired) electrons. The molecule has 1 aromatic carbocycles. The summed E-state index contributed by atoms with van der Waals surface area (Å²) in [5.41, 5.74) is 0.303. The van der Waals surface area contributed by atoms with Gasteiger partial charge in [0.05, 0.1) is 17.0 Å². The lowest BCUT2D eigenvalue weighted by molar-refractivity contribution is -0.150. The zero-order valence-electron chi connectivity index (χ0n) is 14.6. The number of amides is 2. The first-order valence-corrected chi connectivity index (χ1v) is 8.79. The molecule has 1 heterocycles. The van der Waals surface area contributed by atoms with E-state index in [-0.39, 0.29) is 11.7 Å². The van der Waals surface area contributed by atoms with E-state index >= 15 is 0 Å². The highest BCUT2D eigenvalue weighted by Crippen LogP contribution is 2.25. The molecule has 0 fully saturated rings. The number of carbonyl (C=O) groups is 3. The van der Waals surface area contributed by atoms with Gasteiger partial charge in [-0.1, -0.05) is 37.0 Å². The van der Waals surface area contributed by atoms with Crippen molar-refractivity contribution in [2.24, 2.45) is 5.92 Å². The maximum atomic E-state index is 12.3. The first-order valence-electron chi connectivity index (χ1n) is 8.04. The van der Waals surface area contributed by atoms with Gasteiger partial charge < -0.3 is 19.8 Å². The monoisotopic (exact) mass is 412 g/mol. The largest absolute Gasteiger partial charge is 0.459 e. The maximum absolute atomic E-state index is 12.3. The lowest BCUT2D eigenvalue weighted by Crippen LogP contribution is -2.45. The molecule has 0 saturated carbocycles. The van der Waals surface area contributed by atoms with Gasteiger partial charge in [0, 0.05) is 5.02 Å². The van der Waals surface area contributed by atoms with Gasteiger partial charge in [-0.15, -0.1) is 0 Å². The number of benzene rings is 1. The zero-order chi connectivity index (χ0) is 20.0. The van der Waals surface area contributed by atoms with Crippen molar-refractivity contribution in [2.45, 2.75) is 19.9 Å². The Morgan fingerprint density at radius 2 is 1.93 bits per heavy atom. The third-order valence-electron chi connectivity index (χ3n) is 3.50. The Balaban J connectivity index is 1.92.